The third-order valence-corrected chi connectivity index (χ3v) is 6.34. The van der Waals surface area contributed by atoms with Gasteiger partial charge in [0, 0.05) is 11.3 Å². The summed E-state index contributed by atoms with van der Waals surface area (Å²) in [7, 11) is -4.47. The maximum Gasteiger partial charge on any atom is 0.476 e. The van der Waals surface area contributed by atoms with Gasteiger partial charge in [0.2, 0.25) is 0 Å². The minimum Gasteiger partial charge on any atom is -0.414 e. The molecule has 1 aliphatic rings. The van der Waals surface area contributed by atoms with Gasteiger partial charge in [0.1, 0.15) is 11.5 Å². The highest BCUT2D eigenvalue weighted by Crippen LogP contribution is 2.65. The zero-order valence-electron chi connectivity index (χ0n) is 14.1. The van der Waals surface area contributed by atoms with Gasteiger partial charge in [0.15, 0.2) is 0 Å². The molecule has 27 heavy (non-hydrogen) atoms. The normalized spacial score (nSPS) is 18.5. The Hall–Kier alpha value is -3.08. The predicted octanol–water partition coefficient (Wildman–Crippen LogP) is 4.13. The maximum absolute atomic E-state index is 13.9. The second kappa shape index (κ2) is 6.58. The number of nitrogens with one attached hydrogen (secondary N) is 1. The average Bonchev–Trinajstić information content (AvgIpc) is 2.95. The lowest BCUT2D eigenvalue weighted by Crippen LogP contribution is -2.37. The van der Waals surface area contributed by atoms with Gasteiger partial charge in [0.25, 0.3) is 11.2 Å². The lowest BCUT2D eigenvalue weighted by atomic mass is 10.1. The van der Waals surface area contributed by atoms with Crippen molar-refractivity contribution in [1.82, 2.24) is 0 Å². The highest BCUT2D eigenvalue weighted by atomic mass is 31.2. The highest BCUT2D eigenvalue weighted by molar-refractivity contribution is 7.57. The van der Waals surface area contributed by atoms with Gasteiger partial charge in [-0.1, -0.05) is 54.6 Å². The van der Waals surface area contributed by atoms with Crippen LogP contribution in [0.3, 0.4) is 0 Å². The fourth-order valence-corrected chi connectivity index (χ4v) is 4.79. The number of para-hydroxylation sites is 3. The smallest absolute Gasteiger partial charge is 0.414 e. The minimum atomic E-state index is -4.47. The molecule has 0 fully saturated rings. The summed E-state index contributed by atoms with van der Waals surface area (Å²) in [6.45, 7) is 0. The molecule has 1 heterocycles. The number of benzene rings is 3. The van der Waals surface area contributed by atoms with Crippen molar-refractivity contribution in [3.63, 3.8) is 0 Å². The molecule has 0 radical (unpaired) electrons. The van der Waals surface area contributed by atoms with Gasteiger partial charge in [0.05, 0.1) is 0 Å². The summed E-state index contributed by atoms with van der Waals surface area (Å²) in [5.41, 5.74) is 0.503. The molecule has 3 aromatic carbocycles. The summed E-state index contributed by atoms with van der Waals surface area (Å²) < 4.78 is 25.2. The number of hydrogen-bond acceptors (Lipinski definition) is 5. The average molecular weight is 381 g/mol. The molecule has 1 aliphatic heterocycles. The number of hydrogen-bond donors (Lipinski definition) is 2. The first-order valence-corrected chi connectivity index (χ1v) is 9.80. The van der Waals surface area contributed by atoms with Crippen LogP contribution >= 0.6 is 7.60 Å². The van der Waals surface area contributed by atoms with E-state index in [4.69, 9.17) is 9.05 Å². The predicted molar refractivity (Wildman–Crippen MR) is 101 cm³/mol. The van der Waals surface area contributed by atoms with Crippen molar-refractivity contribution in [2.75, 3.05) is 5.32 Å². The first-order valence-electron chi connectivity index (χ1n) is 8.26. The fourth-order valence-electron chi connectivity index (χ4n) is 2.89. The van der Waals surface area contributed by atoms with Crippen LogP contribution in [0.15, 0.2) is 84.9 Å². The van der Waals surface area contributed by atoms with Gasteiger partial charge >= 0.3 is 7.60 Å². The Kier molecular flexibility index (Phi) is 4.22. The molecule has 3 aromatic rings. The summed E-state index contributed by atoms with van der Waals surface area (Å²) >= 11 is 0. The summed E-state index contributed by atoms with van der Waals surface area (Å²) in [6.07, 6.45) is 0. The second-order valence-corrected chi connectivity index (χ2v) is 7.99. The monoisotopic (exact) mass is 381 g/mol. The topological polar surface area (TPSA) is 84.9 Å². The van der Waals surface area contributed by atoms with E-state index in [1.807, 2.05) is 0 Å². The number of rotatable bonds is 5. The van der Waals surface area contributed by atoms with Crippen LogP contribution in [-0.2, 0) is 14.7 Å². The van der Waals surface area contributed by atoms with Crippen LogP contribution in [0.4, 0.5) is 5.69 Å². The molecular formula is C20H16NO5P. The van der Waals surface area contributed by atoms with Crippen LogP contribution in [0.1, 0.15) is 5.56 Å². The molecule has 2 N–H and O–H groups in total. The van der Waals surface area contributed by atoms with Crippen molar-refractivity contribution in [2.24, 2.45) is 0 Å². The molecule has 4 rings (SSSR count). The van der Waals surface area contributed by atoms with Crippen molar-refractivity contribution in [3.8, 4) is 11.5 Å². The molecule has 0 bridgehead atoms. The Morgan fingerprint density at radius 1 is 0.778 bits per heavy atom. The van der Waals surface area contributed by atoms with Crippen LogP contribution in [0.2, 0.25) is 0 Å². The Morgan fingerprint density at radius 3 is 1.81 bits per heavy atom. The lowest BCUT2D eigenvalue weighted by Gasteiger charge is -2.30. The van der Waals surface area contributed by atoms with Gasteiger partial charge in [-0.25, -0.2) is 4.57 Å². The van der Waals surface area contributed by atoms with E-state index in [0.717, 1.165) is 0 Å². The van der Waals surface area contributed by atoms with Crippen LogP contribution in [-0.4, -0.2) is 11.0 Å². The van der Waals surface area contributed by atoms with Crippen LogP contribution in [0.25, 0.3) is 0 Å². The number of anilines is 1. The van der Waals surface area contributed by atoms with E-state index in [0.29, 0.717) is 5.69 Å². The largest absolute Gasteiger partial charge is 0.476 e. The number of carbonyl (C=O) groups excluding carboxylic acids is 1. The van der Waals surface area contributed by atoms with Gasteiger partial charge in [-0.15, -0.1) is 0 Å². The van der Waals surface area contributed by atoms with E-state index in [1.165, 1.54) is 6.07 Å². The molecule has 0 spiro atoms. The summed E-state index contributed by atoms with van der Waals surface area (Å²) in [5, 5.41) is 11.4. The fraction of sp³-hybridized carbons (Fsp3) is 0.0500. The van der Waals surface area contributed by atoms with Crippen molar-refractivity contribution in [2.45, 2.75) is 5.34 Å². The molecule has 0 aromatic heterocycles. The number of fused-ring (bicyclic) bond motifs is 1. The van der Waals surface area contributed by atoms with E-state index in [-0.39, 0.29) is 17.1 Å². The molecule has 0 aliphatic carbocycles. The standard InChI is InChI=1S/C20H16NO5P/c22-19-20(23,17-13-7-8-14-18(17)21-19)27(24,25-15-9-3-1-4-10-15)26-16-11-5-2-6-12-16/h1-14,23H,(H,21,22). The third-order valence-electron chi connectivity index (χ3n) is 4.20. The first-order chi connectivity index (χ1) is 13.0. The molecule has 1 atom stereocenters. The van der Waals surface area contributed by atoms with Crippen molar-refractivity contribution in [3.05, 3.63) is 90.5 Å². The van der Waals surface area contributed by atoms with Crippen LogP contribution in [0, 0.1) is 0 Å². The summed E-state index contributed by atoms with van der Waals surface area (Å²) in [4.78, 5) is 12.7. The Bertz CT molecular complexity index is 979. The summed E-state index contributed by atoms with van der Waals surface area (Å²) in [6, 6.07) is 23.0. The van der Waals surface area contributed by atoms with E-state index in [2.05, 4.69) is 5.32 Å². The van der Waals surface area contributed by atoms with E-state index in [1.54, 1.807) is 78.9 Å². The molecular weight excluding hydrogens is 365 g/mol. The van der Waals surface area contributed by atoms with E-state index < -0.39 is 18.8 Å². The first kappa shape index (κ1) is 17.3. The number of amides is 1. The minimum absolute atomic E-state index is 0.144. The molecule has 1 amide bonds. The van der Waals surface area contributed by atoms with E-state index in [9.17, 15) is 14.5 Å². The van der Waals surface area contributed by atoms with Gasteiger partial charge in [-0.05, 0) is 30.3 Å². The van der Waals surface area contributed by atoms with Crippen molar-refractivity contribution >= 4 is 19.2 Å². The van der Waals surface area contributed by atoms with Crippen molar-refractivity contribution < 1.29 is 23.5 Å². The van der Waals surface area contributed by atoms with Crippen LogP contribution < -0.4 is 14.4 Å². The molecule has 1 unspecified atom stereocenters. The lowest BCUT2D eigenvalue weighted by molar-refractivity contribution is -0.127. The molecule has 136 valence electrons. The molecule has 7 heteroatoms. The van der Waals surface area contributed by atoms with Crippen LogP contribution in [0.5, 0.6) is 11.5 Å². The Balaban J connectivity index is 1.85. The van der Waals surface area contributed by atoms with Gasteiger partial charge < -0.3 is 19.5 Å². The molecule has 6 nitrogen and oxygen atoms in total. The number of aliphatic hydroxyl groups is 1. The Morgan fingerprint density at radius 2 is 1.26 bits per heavy atom. The third kappa shape index (κ3) is 2.89. The zero-order chi connectivity index (χ0) is 18.9. The quantitative estimate of drug-likeness (QED) is 0.649. The second-order valence-electron chi connectivity index (χ2n) is 5.98. The van der Waals surface area contributed by atoms with E-state index >= 15 is 0 Å². The number of carbonyl (C=O) groups is 1. The van der Waals surface area contributed by atoms with Crippen molar-refractivity contribution in [1.29, 1.82) is 0 Å². The maximum atomic E-state index is 13.9. The molecule has 0 saturated heterocycles. The van der Waals surface area contributed by atoms with Gasteiger partial charge in [-0.2, -0.15) is 0 Å². The van der Waals surface area contributed by atoms with Gasteiger partial charge in [-0.3, -0.25) is 4.79 Å². The summed E-state index contributed by atoms with van der Waals surface area (Å²) in [5.74, 6) is -0.441. The zero-order valence-corrected chi connectivity index (χ0v) is 15.0. The molecule has 0 saturated carbocycles. The SMILES string of the molecule is O=C1Nc2ccccc2C1(O)P(=O)(Oc1ccccc1)Oc1ccccc1. The highest BCUT2D eigenvalue weighted by Gasteiger charge is 2.64. The Labute approximate surface area is 155 Å².